The third-order valence-electron chi connectivity index (χ3n) is 3.10. The molecule has 0 aromatic heterocycles. The molecule has 7 heteroatoms. The summed E-state index contributed by atoms with van der Waals surface area (Å²) in [6.07, 6.45) is 0.567. The highest BCUT2D eigenvalue weighted by molar-refractivity contribution is 7.89. The number of nitrogens with one attached hydrogen (secondary N) is 1. The summed E-state index contributed by atoms with van der Waals surface area (Å²) >= 11 is 0. The number of rotatable bonds is 3. The van der Waals surface area contributed by atoms with E-state index < -0.39 is 10.0 Å². The summed E-state index contributed by atoms with van der Waals surface area (Å²) in [5.74, 6) is -0.510. The summed E-state index contributed by atoms with van der Waals surface area (Å²) < 4.78 is 26.1. The van der Waals surface area contributed by atoms with Crippen LogP contribution in [0.2, 0.25) is 0 Å². The third kappa shape index (κ3) is 3.05. The lowest BCUT2D eigenvalue weighted by atomic mass is 10.2. The molecule has 1 heterocycles. The van der Waals surface area contributed by atoms with Gasteiger partial charge in [-0.25, -0.2) is 8.42 Å². The number of benzene rings is 1. The van der Waals surface area contributed by atoms with E-state index in [1.54, 1.807) is 6.07 Å². The second kappa shape index (κ2) is 5.72. The van der Waals surface area contributed by atoms with E-state index in [2.05, 4.69) is 5.32 Å². The van der Waals surface area contributed by atoms with E-state index in [4.69, 9.17) is 0 Å². The molecule has 1 aliphatic rings. The van der Waals surface area contributed by atoms with Gasteiger partial charge in [-0.15, -0.1) is 0 Å². The number of amides is 1. The van der Waals surface area contributed by atoms with Crippen LogP contribution in [0.4, 0.5) is 0 Å². The van der Waals surface area contributed by atoms with Crippen molar-refractivity contribution in [3.63, 3.8) is 0 Å². The normalized spacial score (nSPS) is 17.4. The van der Waals surface area contributed by atoms with Crippen molar-refractivity contribution in [2.45, 2.75) is 18.2 Å². The Balaban J connectivity index is 2.36. The van der Waals surface area contributed by atoms with Gasteiger partial charge in [-0.05, 0) is 25.5 Å². The summed E-state index contributed by atoms with van der Waals surface area (Å²) in [4.78, 5) is 22.9. The van der Waals surface area contributed by atoms with Crippen LogP contribution in [0, 0.1) is 0 Å². The van der Waals surface area contributed by atoms with Crippen molar-refractivity contribution in [3.05, 3.63) is 29.8 Å². The number of Topliss-reactive ketones (excluding diaryl/α,β-unsaturated/α-hetero) is 1. The van der Waals surface area contributed by atoms with Gasteiger partial charge < -0.3 is 5.32 Å². The highest BCUT2D eigenvalue weighted by Crippen LogP contribution is 2.18. The van der Waals surface area contributed by atoms with Crippen LogP contribution in [0.3, 0.4) is 0 Å². The number of carbonyl (C=O) groups is 2. The van der Waals surface area contributed by atoms with Crippen LogP contribution in [0.25, 0.3) is 0 Å². The molecule has 20 heavy (non-hydrogen) atoms. The highest BCUT2D eigenvalue weighted by atomic mass is 32.2. The first kappa shape index (κ1) is 14.7. The molecule has 0 unspecified atom stereocenters. The van der Waals surface area contributed by atoms with Crippen molar-refractivity contribution in [1.82, 2.24) is 9.62 Å². The SMILES string of the molecule is CC(=O)c1cccc(S(=O)(=O)N2CCCNC(=O)C2)c1. The Morgan fingerprint density at radius 3 is 2.80 bits per heavy atom. The molecule has 2 rings (SSSR count). The number of carbonyl (C=O) groups excluding carboxylic acids is 2. The highest BCUT2D eigenvalue weighted by Gasteiger charge is 2.28. The number of sulfonamides is 1. The zero-order valence-corrected chi connectivity index (χ0v) is 11.9. The van der Waals surface area contributed by atoms with E-state index in [-0.39, 0.29) is 29.7 Å². The van der Waals surface area contributed by atoms with Gasteiger partial charge in [-0.3, -0.25) is 9.59 Å². The van der Waals surface area contributed by atoms with Crippen LogP contribution >= 0.6 is 0 Å². The Morgan fingerprint density at radius 1 is 1.35 bits per heavy atom. The fraction of sp³-hybridized carbons (Fsp3) is 0.385. The monoisotopic (exact) mass is 296 g/mol. The van der Waals surface area contributed by atoms with Crippen LogP contribution in [-0.4, -0.2) is 44.0 Å². The fourth-order valence-electron chi connectivity index (χ4n) is 2.01. The van der Waals surface area contributed by atoms with Crippen LogP contribution < -0.4 is 5.32 Å². The molecule has 0 saturated carbocycles. The predicted molar refractivity (Wildman–Crippen MR) is 72.8 cm³/mol. The smallest absolute Gasteiger partial charge is 0.243 e. The molecule has 0 radical (unpaired) electrons. The summed E-state index contributed by atoms with van der Waals surface area (Å²) in [6.45, 7) is 1.95. The molecule has 0 atom stereocenters. The second-order valence-electron chi connectivity index (χ2n) is 4.63. The fourth-order valence-corrected chi connectivity index (χ4v) is 3.49. The van der Waals surface area contributed by atoms with Crippen molar-refractivity contribution in [3.8, 4) is 0 Å². The summed E-state index contributed by atoms with van der Waals surface area (Å²) in [5.41, 5.74) is 0.338. The van der Waals surface area contributed by atoms with Gasteiger partial charge in [-0.1, -0.05) is 12.1 Å². The van der Waals surface area contributed by atoms with Gasteiger partial charge in [-0.2, -0.15) is 4.31 Å². The topological polar surface area (TPSA) is 83.6 Å². The number of nitrogens with zero attached hydrogens (tertiary/aromatic N) is 1. The van der Waals surface area contributed by atoms with Crippen molar-refractivity contribution >= 4 is 21.7 Å². The number of hydrogen-bond donors (Lipinski definition) is 1. The maximum atomic E-state index is 12.5. The molecular weight excluding hydrogens is 280 g/mol. The average Bonchev–Trinajstić information content (AvgIpc) is 2.64. The van der Waals surface area contributed by atoms with Gasteiger partial charge in [0.15, 0.2) is 5.78 Å². The Hall–Kier alpha value is -1.73. The first-order valence-corrected chi connectivity index (χ1v) is 7.73. The van der Waals surface area contributed by atoms with Gasteiger partial charge in [0.25, 0.3) is 0 Å². The zero-order chi connectivity index (χ0) is 14.8. The Bertz CT molecular complexity index is 640. The molecule has 0 aliphatic carbocycles. The lowest BCUT2D eigenvalue weighted by Gasteiger charge is -2.19. The first-order valence-electron chi connectivity index (χ1n) is 6.29. The Morgan fingerprint density at radius 2 is 2.10 bits per heavy atom. The molecule has 0 bridgehead atoms. The molecule has 1 aromatic carbocycles. The van der Waals surface area contributed by atoms with Crippen LogP contribution in [0.1, 0.15) is 23.7 Å². The van der Waals surface area contributed by atoms with Gasteiger partial charge >= 0.3 is 0 Å². The molecule has 0 spiro atoms. The number of hydrogen-bond acceptors (Lipinski definition) is 4. The molecule has 108 valence electrons. The van der Waals surface area contributed by atoms with E-state index in [0.29, 0.717) is 18.5 Å². The molecule has 1 aliphatic heterocycles. The van der Waals surface area contributed by atoms with Crippen molar-refractivity contribution < 1.29 is 18.0 Å². The van der Waals surface area contributed by atoms with E-state index in [9.17, 15) is 18.0 Å². The Labute approximate surface area is 117 Å². The van der Waals surface area contributed by atoms with E-state index >= 15 is 0 Å². The quantitative estimate of drug-likeness (QED) is 0.818. The minimum Gasteiger partial charge on any atom is -0.355 e. The lowest BCUT2D eigenvalue weighted by molar-refractivity contribution is -0.120. The standard InChI is InChI=1S/C13H16N2O4S/c1-10(16)11-4-2-5-12(8-11)20(18,19)15-7-3-6-14-13(17)9-15/h2,4-5,8H,3,6-7,9H2,1H3,(H,14,17). The molecule has 6 nitrogen and oxygen atoms in total. The maximum absolute atomic E-state index is 12.5. The number of ketones is 1. The second-order valence-corrected chi connectivity index (χ2v) is 6.56. The van der Waals surface area contributed by atoms with Crippen molar-refractivity contribution in [1.29, 1.82) is 0 Å². The maximum Gasteiger partial charge on any atom is 0.243 e. The van der Waals surface area contributed by atoms with Gasteiger partial charge in [0.1, 0.15) is 0 Å². The molecule has 1 saturated heterocycles. The van der Waals surface area contributed by atoms with Crippen LogP contribution in [0.5, 0.6) is 0 Å². The third-order valence-corrected chi connectivity index (χ3v) is 4.95. The summed E-state index contributed by atoms with van der Waals surface area (Å²) in [6, 6.07) is 5.88. The zero-order valence-electron chi connectivity index (χ0n) is 11.1. The molecule has 1 N–H and O–H groups in total. The van der Waals surface area contributed by atoms with Crippen LogP contribution in [0.15, 0.2) is 29.2 Å². The van der Waals surface area contributed by atoms with Gasteiger partial charge in [0, 0.05) is 18.7 Å². The van der Waals surface area contributed by atoms with E-state index in [1.807, 2.05) is 0 Å². The van der Waals surface area contributed by atoms with Crippen molar-refractivity contribution in [2.24, 2.45) is 0 Å². The average molecular weight is 296 g/mol. The van der Waals surface area contributed by atoms with Crippen LogP contribution in [-0.2, 0) is 14.8 Å². The molecule has 1 amide bonds. The minimum atomic E-state index is -3.75. The summed E-state index contributed by atoms with van der Waals surface area (Å²) in [7, 11) is -3.75. The summed E-state index contributed by atoms with van der Waals surface area (Å²) in [5, 5.41) is 2.63. The molecule has 1 aromatic rings. The minimum absolute atomic E-state index is 0.0416. The molecular formula is C13H16N2O4S. The largest absolute Gasteiger partial charge is 0.355 e. The molecule has 1 fully saturated rings. The van der Waals surface area contributed by atoms with E-state index in [0.717, 1.165) is 4.31 Å². The lowest BCUT2D eigenvalue weighted by Crippen LogP contribution is -2.37. The Kier molecular flexibility index (Phi) is 4.20. The first-order chi connectivity index (χ1) is 9.41. The van der Waals surface area contributed by atoms with E-state index in [1.165, 1.54) is 25.1 Å². The van der Waals surface area contributed by atoms with Crippen molar-refractivity contribution in [2.75, 3.05) is 19.6 Å². The van der Waals surface area contributed by atoms with Gasteiger partial charge in [0.05, 0.1) is 11.4 Å². The predicted octanol–water partition coefficient (Wildman–Crippen LogP) is 0.400. The van der Waals surface area contributed by atoms with Gasteiger partial charge in [0.2, 0.25) is 15.9 Å².